The minimum absolute atomic E-state index is 0.242. The number of nitrogens with zero attached hydrogens (tertiary/aromatic N) is 2. The lowest BCUT2D eigenvalue weighted by atomic mass is 10.1. The van der Waals surface area contributed by atoms with Gasteiger partial charge in [0.25, 0.3) is 5.71 Å². The molecule has 5 nitrogen and oxygen atoms in total. The predicted molar refractivity (Wildman–Crippen MR) is 88.8 cm³/mol. The van der Waals surface area contributed by atoms with Crippen LogP contribution in [-0.2, 0) is 11.3 Å². The number of hydrogen-bond acceptors (Lipinski definition) is 5. The number of aromatic nitrogens is 2. The van der Waals surface area contributed by atoms with Crippen molar-refractivity contribution in [2.75, 3.05) is 0 Å². The van der Waals surface area contributed by atoms with Gasteiger partial charge in [-0.2, -0.15) is 0 Å². The Morgan fingerprint density at radius 1 is 1.25 bits per heavy atom. The molecule has 1 fully saturated rings. The minimum atomic E-state index is -0.365. The van der Waals surface area contributed by atoms with Gasteiger partial charge in [0.1, 0.15) is 6.61 Å². The number of benzene rings is 1. The summed E-state index contributed by atoms with van der Waals surface area (Å²) in [5.41, 5.74) is 4.59. The highest BCUT2D eigenvalue weighted by Gasteiger charge is 2.29. The normalized spacial score (nSPS) is 14.1. The number of pyridine rings is 1. The van der Waals surface area contributed by atoms with Crippen molar-refractivity contribution in [2.45, 2.75) is 39.2 Å². The van der Waals surface area contributed by atoms with Gasteiger partial charge in [0.15, 0.2) is 0 Å². The maximum Gasteiger partial charge on any atom is 0.339 e. The molecule has 4 rings (SSSR count). The lowest BCUT2D eigenvalue weighted by Gasteiger charge is -2.08. The topological polar surface area (TPSA) is 65.2 Å². The first-order valence-electron chi connectivity index (χ1n) is 8.11. The van der Waals surface area contributed by atoms with E-state index >= 15 is 0 Å². The van der Waals surface area contributed by atoms with Crippen LogP contribution >= 0.6 is 0 Å². The molecule has 0 aliphatic heterocycles. The van der Waals surface area contributed by atoms with Crippen molar-refractivity contribution in [3.05, 3.63) is 58.4 Å². The second kappa shape index (κ2) is 5.74. The van der Waals surface area contributed by atoms with Gasteiger partial charge >= 0.3 is 5.97 Å². The van der Waals surface area contributed by atoms with Gasteiger partial charge in [-0.05, 0) is 38.3 Å². The third-order valence-electron chi connectivity index (χ3n) is 4.34. The molecule has 3 aromatic rings. The van der Waals surface area contributed by atoms with Crippen LogP contribution in [0.25, 0.3) is 11.1 Å². The number of fused-ring (bicyclic) bond motifs is 1. The summed E-state index contributed by atoms with van der Waals surface area (Å²) in [5, 5.41) is 4.59. The first kappa shape index (κ1) is 14.9. The van der Waals surface area contributed by atoms with Crippen molar-refractivity contribution in [1.29, 1.82) is 0 Å². The van der Waals surface area contributed by atoms with E-state index in [9.17, 15) is 4.79 Å². The van der Waals surface area contributed by atoms with Crippen LogP contribution in [0.15, 0.2) is 34.9 Å². The highest BCUT2D eigenvalue weighted by atomic mass is 16.5. The molecular weight excluding hydrogens is 304 g/mol. The lowest BCUT2D eigenvalue weighted by Crippen LogP contribution is -2.07. The first-order chi connectivity index (χ1) is 11.6. The van der Waals surface area contributed by atoms with E-state index in [2.05, 4.69) is 10.1 Å². The molecule has 0 radical (unpaired) electrons. The third-order valence-corrected chi connectivity index (χ3v) is 4.34. The van der Waals surface area contributed by atoms with Crippen molar-refractivity contribution in [3.8, 4) is 0 Å². The lowest BCUT2D eigenvalue weighted by molar-refractivity contribution is 0.0474. The molecule has 1 aliphatic carbocycles. The summed E-state index contributed by atoms with van der Waals surface area (Å²) in [6, 6.07) is 9.77. The maximum absolute atomic E-state index is 12.6. The van der Waals surface area contributed by atoms with E-state index in [4.69, 9.17) is 9.26 Å². The zero-order valence-corrected chi connectivity index (χ0v) is 13.7. The van der Waals surface area contributed by atoms with Crippen molar-refractivity contribution in [1.82, 2.24) is 10.1 Å². The second-order valence-corrected chi connectivity index (χ2v) is 6.38. The molecule has 0 atom stereocenters. The summed E-state index contributed by atoms with van der Waals surface area (Å²) in [6.45, 7) is 4.07. The molecule has 0 amide bonds. The van der Waals surface area contributed by atoms with E-state index in [0.29, 0.717) is 28.3 Å². The quantitative estimate of drug-likeness (QED) is 0.677. The van der Waals surface area contributed by atoms with Gasteiger partial charge in [-0.15, -0.1) is 0 Å². The Morgan fingerprint density at radius 2 is 2.00 bits per heavy atom. The van der Waals surface area contributed by atoms with Crippen LogP contribution in [0.1, 0.15) is 51.6 Å². The molecule has 0 spiro atoms. The molecule has 2 aromatic heterocycles. The van der Waals surface area contributed by atoms with Gasteiger partial charge in [-0.25, -0.2) is 9.78 Å². The molecular formula is C19H18N2O3. The molecule has 0 unspecified atom stereocenters. The van der Waals surface area contributed by atoms with Crippen LogP contribution in [0.2, 0.25) is 0 Å². The number of ether oxygens (including phenoxy) is 1. The number of carbonyl (C=O) groups is 1. The fourth-order valence-electron chi connectivity index (χ4n) is 2.77. The van der Waals surface area contributed by atoms with Crippen molar-refractivity contribution in [3.63, 3.8) is 0 Å². The van der Waals surface area contributed by atoms with E-state index < -0.39 is 0 Å². The number of hydrogen-bond donors (Lipinski definition) is 0. The average Bonchev–Trinajstić information content (AvgIpc) is 3.37. The van der Waals surface area contributed by atoms with Gasteiger partial charge in [-0.1, -0.05) is 35.0 Å². The van der Waals surface area contributed by atoms with Gasteiger partial charge in [0.2, 0.25) is 0 Å². The molecule has 1 saturated carbocycles. The minimum Gasteiger partial charge on any atom is -0.457 e. The average molecular weight is 322 g/mol. The van der Waals surface area contributed by atoms with E-state index in [0.717, 1.165) is 24.1 Å². The largest absolute Gasteiger partial charge is 0.457 e. The monoisotopic (exact) mass is 322 g/mol. The fourth-order valence-corrected chi connectivity index (χ4v) is 2.77. The van der Waals surface area contributed by atoms with Crippen LogP contribution < -0.4 is 0 Å². The summed E-state index contributed by atoms with van der Waals surface area (Å²) in [7, 11) is 0. The molecule has 5 heteroatoms. The Hall–Kier alpha value is -2.69. The molecule has 1 aromatic carbocycles. The standard InChI is InChI=1S/C19H18N2O3/c1-11-3-5-13(6-4-11)10-23-19(22)15-9-16(14-7-8-14)20-18-17(15)12(2)21-24-18/h3-6,9,14H,7-8,10H2,1-2H3. The molecule has 0 N–H and O–H groups in total. The summed E-state index contributed by atoms with van der Waals surface area (Å²) in [6.07, 6.45) is 2.20. The van der Waals surface area contributed by atoms with Crippen molar-refractivity contribution in [2.24, 2.45) is 0 Å². The first-order valence-corrected chi connectivity index (χ1v) is 8.11. The van der Waals surface area contributed by atoms with E-state index in [1.165, 1.54) is 5.56 Å². The number of rotatable bonds is 4. The summed E-state index contributed by atoms with van der Waals surface area (Å²) < 4.78 is 10.8. The Morgan fingerprint density at radius 3 is 2.71 bits per heavy atom. The van der Waals surface area contributed by atoms with Gasteiger partial charge in [-0.3, -0.25) is 0 Å². The van der Waals surface area contributed by atoms with Crippen LogP contribution in [0, 0.1) is 13.8 Å². The van der Waals surface area contributed by atoms with E-state index in [-0.39, 0.29) is 12.6 Å². The van der Waals surface area contributed by atoms with Crippen LogP contribution in [0.4, 0.5) is 0 Å². The molecule has 24 heavy (non-hydrogen) atoms. The zero-order chi connectivity index (χ0) is 16.7. The Labute approximate surface area is 139 Å². The van der Waals surface area contributed by atoms with E-state index in [1.807, 2.05) is 37.3 Å². The fraction of sp³-hybridized carbons (Fsp3) is 0.316. The third kappa shape index (κ3) is 2.77. The van der Waals surface area contributed by atoms with Gasteiger partial charge < -0.3 is 9.26 Å². The van der Waals surface area contributed by atoms with Gasteiger partial charge in [0.05, 0.1) is 16.6 Å². The number of esters is 1. The molecule has 1 aliphatic rings. The van der Waals surface area contributed by atoms with E-state index in [1.54, 1.807) is 6.92 Å². The number of carbonyl (C=O) groups excluding carboxylic acids is 1. The highest BCUT2D eigenvalue weighted by Crippen LogP contribution is 2.40. The van der Waals surface area contributed by atoms with Gasteiger partial charge in [0, 0.05) is 11.6 Å². The van der Waals surface area contributed by atoms with Crippen molar-refractivity contribution >= 4 is 17.1 Å². The second-order valence-electron chi connectivity index (χ2n) is 6.38. The Bertz CT molecular complexity index is 908. The number of aryl methyl sites for hydroxylation is 2. The smallest absolute Gasteiger partial charge is 0.339 e. The van der Waals surface area contributed by atoms with Crippen LogP contribution in [-0.4, -0.2) is 16.1 Å². The van der Waals surface area contributed by atoms with Crippen molar-refractivity contribution < 1.29 is 14.1 Å². The predicted octanol–water partition coefficient (Wildman–Crippen LogP) is 4.07. The molecule has 0 saturated heterocycles. The highest BCUT2D eigenvalue weighted by molar-refractivity contribution is 6.03. The summed E-state index contributed by atoms with van der Waals surface area (Å²) in [5.74, 6) is 0.0552. The van der Waals surface area contributed by atoms with Crippen LogP contribution in [0.5, 0.6) is 0 Å². The summed E-state index contributed by atoms with van der Waals surface area (Å²) in [4.78, 5) is 17.1. The van der Waals surface area contributed by atoms with Crippen LogP contribution in [0.3, 0.4) is 0 Å². The SMILES string of the molecule is Cc1ccc(COC(=O)c2cc(C3CC3)nc3onc(C)c23)cc1. The Balaban J connectivity index is 1.63. The zero-order valence-electron chi connectivity index (χ0n) is 13.7. The molecule has 122 valence electrons. The maximum atomic E-state index is 12.6. The molecule has 0 bridgehead atoms. The Kier molecular flexibility index (Phi) is 3.56. The summed E-state index contributed by atoms with van der Waals surface area (Å²) >= 11 is 0. The molecule has 2 heterocycles.